The van der Waals surface area contributed by atoms with Crippen LogP contribution in [0.1, 0.15) is 31.9 Å². The first-order chi connectivity index (χ1) is 11.3. The molecule has 0 saturated carbocycles. The number of methoxy groups -OCH3 is 1. The lowest BCUT2D eigenvalue weighted by atomic mass is 9.87. The van der Waals surface area contributed by atoms with Crippen LogP contribution < -0.4 is 9.47 Å². The molecule has 1 N–H and O–H groups in total. The maximum atomic E-state index is 11.5. The van der Waals surface area contributed by atoms with Gasteiger partial charge >= 0.3 is 5.97 Å². The highest BCUT2D eigenvalue weighted by molar-refractivity contribution is 5.73. The van der Waals surface area contributed by atoms with E-state index in [-0.39, 0.29) is 11.8 Å². The number of aliphatic carboxylic acids is 1. The highest BCUT2D eigenvalue weighted by Crippen LogP contribution is 2.25. The van der Waals surface area contributed by atoms with E-state index in [1.807, 2.05) is 48.5 Å². The molecule has 0 fully saturated rings. The van der Waals surface area contributed by atoms with Crippen LogP contribution in [0.15, 0.2) is 48.5 Å². The van der Waals surface area contributed by atoms with Gasteiger partial charge in [-0.3, -0.25) is 0 Å². The molecule has 0 bridgehead atoms. The van der Waals surface area contributed by atoms with Gasteiger partial charge in [0.2, 0.25) is 0 Å². The second kappa shape index (κ2) is 7.39. The van der Waals surface area contributed by atoms with E-state index >= 15 is 0 Å². The van der Waals surface area contributed by atoms with E-state index < -0.39 is 12.1 Å². The molecule has 0 aliphatic rings. The average Bonchev–Trinajstić information content (AvgIpc) is 2.54. The minimum absolute atomic E-state index is 0.0469. The standard InChI is InChI=1S/C20H24O4/c1-20(2,3)15-8-10-16(11-9-15)24-18(19(21)22)13-14-6-5-7-17(12-14)23-4/h5-12,18H,13H2,1-4H3,(H,21,22)/t18-/m0/s1. The van der Waals surface area contributed by atoms with Crippen LogP contribution in [0.5, 0.6) is 11.5 Å². The molecule has 0 amide bonds. The summed E-state index contributed by atoms with van der Waals surface area (Å²) in [5.41, 5.74) is 2.08. The normalized spacial score (nSPS) is 12.5. The Morgan fingerprint density at radius 1 is 1.08 bits per heavy atom. The fraction of sp³-hybridized carbons (Fsp3) is 0.350. The Morgan fingerprint density at radius 2 is 1.75 bits per heavy atom. The van der Waals surface area contributed by atoms with Crippen molar-refractivity contribution in [3.05, 3.63) is 59.7 Å². The molecular weight excluding hydrogens is 304 g/mol. The first-order valence-corrected chi connectivity index (χ1v) is 7.92. The van der Waals surface area contributed by atoms with Crippen LogP contribution >= 0.6 is 0 Å². The Morgan fingerprint density at radius 3 is 2.29 bits per heavy atom. The zero-order chi connectivity index (χ0) is 17.7. The smallest absolute Gasteiger partial charge is 0.345 e. The van der Waals surface area contributed by atoms with E-state index in [4.69, 9.17) is 9.47 Å². The molecule has 2 aromatic carbocycles. The summed E-state index contributed by atoms with van der Waals surface area (Å²) in [5, 5.41) is 9.45. The van der Waals surface area contributed by atoms with Gasteiger partial charge in [0.05, 0.1) is 7.11 Å². The highest BCUT2D eigenvalue weighted by atomic mass is 16.5. The van der Waals surface area contributed by atoms with Crippen LogP contribution in [0.2, 0.25) is 0 Å². The lowest BCUT2D eigenvalue weighted by Crippen LogP contribution is -2.29. The molecule has 4 nitrogen and oxygen atoms in total. The number of benzene rings is 2. The molecule has 0 spiro atoms. The summed E-state index contributed by atoms with van der Waals surface area (Å²) in [7, 11) is 1.58. The summed E-state index contributed by atoms with van der Waals surface area (Å²) in [5.74, 6) is 0.266. The number of hydrogen-bond donors (Lipinski definition) is 1. The van der Waals surface area contributed by atoms with Crippen molar-refractivity contribution in [2.75, 3.05) is 7.11 Å². The Hall–Kier alpha value is -2.49. The fourth-order valence-electron chi connectivity index (χ4n) is 2.39. The molecule has 24 heavy (non-hydrogen) atoms. The summed E-state index contributed by atoms with van der Waals surface area (Å²) < 4.78 is 10.9. The predicted molar refractivity (Wildman–Crippen MR) is 93.9 cm³/mol. The monoisotopic (exact) mass is 328 g/mol. The maximum Gasteiger partial charge on any atom is 0.345 e. The summed E-state index contributed by atoms with van der Waals surface area (Å²) in [6.07, 6.45) is -0.675. The van der Waals surface area contributed by atoms with Crippen LogP contribution in [-0.4, -0.2) is 24.3 Å². The van der Waals surface area contributed by atoms with Crippen molar-refractivity contribution in [3.8, 4) is 11.5 Å². The maximum absolute atomic E-state index is 11.5. The molecule has 0 radical (unpaired) electrons. The first-order valence-electron chi connectivity index (χ1n) is 7.92. The number of carboxylic acids is 1. The molecule has 0 aromatic heterocycles. The number of ether oxygens (including phenoxy) is 2. The third kappa shape index (κ3) is 4.75. The Labute approximate surface area is 143 Å². The molecular formula is C20H24O4. The van der Waals surface area contributed by atoms with Crippen LogP contribution in [-0.2, 0) is 16.6 Å². The minimum atomic E-state index is -0.988. The van der Waals surface area contributed by atoms with Gasteiger partial charge in [-0.1, -0.05) is 45.0 Å². The third-order valence-corrected chi connectivity index (χ3v) is 3.83. The van der Waals surface area contributed by atoms with Gasteiger partial charge in [-0.2, -0.15) is 0 Å². The zero-order valence-electron chi connectivity index (χ0n) is 14.6. The van der Waals surface area contributed by atoms with Gasteiger partial charge in [0, 0.05) is 6.42 Å². The van der Waals surface area contributed by atoms with Crippen molar-refractivity contribution in [2.45, 2.75) is 38.7 Å². The number of hydrogen-bond acceptors (Lipinski definition) is 3. The average molecular weight is 328 g/mol. The van der Waals surface area contributed by atoms with Crippen molar-refractivity contribution in [2.24, 2.45) is 0 Å². The molecule has 0 unspecified atom stereocenters. The number of rotatable bonds is 6. The summed E-state index contributed by atoms with van der Waals surface area (Å²) >= 11 is 0. The van der Waals surface area contributed by atoms with Crippen molar-refractivity contribution in [1.29, 1.82) is 0 Å². The molecule has 1 atom stereocenters. The third-order valence-electron chi connectivity index (χ3n) is 3.83. The molecule has 0 aliphatic carbocycles. The molecule has 128 valence electrons. The molecule has 0 saturated heterocycles. The van der Waals surface area contributed by atoms with E-state index in [2.05, 4.69) is 20.8 Å². The Kier molecular flexibility index (Phi) is 5.50. The first kappa shape index (κ1) is 17.9. The van der Waals surface area contributed by atoms with E-state index in [9.17, 15) is 9.90 Å². The molecule has 4 heteroatoms. The van der Waals surface area contributed by atoms with Crippen LogP contribution in [0, 0.1) is 0 Å². The van der Waals surface area contributed by atoms with Gasteiger partial charge in [0.1, 0.15) is 11.5 Å². The van der Waals surface area contributed by atoms with Crippen LogP contribution in [0.3, 0.4) is 0 Å². The molecule has 2 rings (SSSR count). The molecule has 0 aliphatic heterocycles. The Balaban J connectivity index is 2.12. The van der Waals surface area contributed by atoms with Gasteiger partial charge in [-0.15, -0.1) is 0 Å². The SMILES string of the molecule is COc1cccc(C[C@H](Oc2ccc(C(C)(C)C)cc2)C(=O)O)c1. The van der Waals surface area contributed by atoms with Crippen molar-refractivity contribution in [3.63, 3.8) is 0 Å². The number of carbonyl (C=O) groups is 1. The summed E-state index contributed by atoms with van der Waals surface area (Å²) in [6.45, 7) is 6.39. The van der Waals surface area contributed by atoms with Gasteiger partial charge in [-0.05, 0) is 40.8 Å². The summed E-state index contributed by atoms with van der Waals surface area (Å²) in [4.78, 5) is 11.5. The van der Waals surface area contributed by atoms with Crippen LogP contribution in [0.25, 0.3) is 0 Å². The Bertz CT molecular complexity index is 684. The van der Waals surface area contributed by atoms with E-state index in [0.717, 1.165) is 5.56 Å². The second-order valence-corrected chi connectivity index (χ2v) is 6.77. The fourth-order valence-corrected chi connectivity index (χ4v) is 2.39. The number of carboxylic acid groups (broad SMARTS) is 1. The van der Waals surface area contributed by atoms with Gasteiger partial charge in [-0.25, -0.2) is 4.79 Å². The topological polar surface area (TPSA) is 55.8 Å². The van der Waals surface area contributed by atoms with E-state index in [1.165, 1.54) is 5.56 Å². The van der Waals surface area contributed by atoms with E-state index in [0.29, 0.717) is 11.5 Å². The largest absolute Gasteiger partial charge is 0.497 e. The quantitative estimate of drug-likeness (QED) is 0.868. The lowest BCUT2D eigenvalue weighted by Gasteiger charge is -2.20. The van der Waals surface area contributed by atoms with Crippen molar-refractivity contribution < 1.29 is 19.4 Å². The summed E-state index contributed by atoms with van der Waals surface area (Å²) in [6, 6.07) is 14.9. The van der Waals surface area contributed by atoms with Crippen molar-refractivity contribution >= 4 is 5.97 Å². The van der Waals surface area contributed by atoms with E-state index in [1.54, 1.807) is 7.11 Å². The van der Waals surface area contributed by atoms with Crippen molar-refractivity contribution in [1.82, 2.24) is 0 Å². The highest BCUT2D eigenvalue weighted by Gasteiger charge is 2.21. The molecule has 0 heterocycles. The van der Waals surface area contributed by atoms with Crippen LogP contribution in [0.4, 0.5) is 0 Å². The minimum Gasteiger partial charge on any atom is -0.497 e. The zero-order valence-corrected chi connectivity index (χ0v) is 14.6. The van der Waals surface area contributed by atoms with Gasteiger partial charge < -0.3 is 14.6 Å². The molecule has 2 aromatic rings. The van der Waals surface area contributed by atoms with Gasteiger partial charge in [0.15, 0.2) is 6.10 Å². The second-order valence-electron chi connectivity index (χ2n) is 6.77. The van der Waals surface area contributed by atoms with Gasteiger partial charge in [0.25, 0.3) is 0 Å². The lowest BCUT2D eigenvalue weighted by molar-refractivity contribution is -0.145. The predicted octanol–water partition coefficient (Wildman–Crippen LogP) is 4.07.